The maximum Gasteiger partial charge on any atom is 0.400 e. The van der Waals surface area contributed by atoms with Crippen molar-refractivity contribution in [1.29, 1.82) is 0 Å². The van der Waals surface area contributed by atoms with E-state index < -0.39 is 28.0 Å². The Morgan fingerprint density at radius 2 is 1.23 bits per heavy atom. The second kappa shape index (κ2) is 11.3. The van der Waals surface area contributed by atoms with E-state index in [9.17, 15) is 21.6 Å². The molecule has 0 saturated heterocycles. The highest BCUT2D eigenvalue weighted by atomic mass is 32.2. The van der Waals surface area contributed by atoms with Gasteiger partial charge in [-0.1, -0.05) is 77.6 Å². The van der Waals surface area contributed by atoms with E-state index in [4.69, 9.17) is 4.55 Å². The van der Waals surface area contributed by atoms with Crippen molar-refractivity contribution in [3.8, 4) is 0 Å². The van der Waals surface area contributed by atoms with Crippen LogP contribution in [0, 0.1) is 0 Å². The van der Waals surface area contributed by atoms with Gasteiger partial charge >= 0.3 is 15.4 Å². The van der Waals surface area contributed by atoms with Crippen molar-refractivity contribution in [3.63, 3.8) is 0 Å². The minimum Gasteiger partial charge on any atom is -0.281 e. The van der Waals surface area contributed by atoms with Gasteiger partial charge in [-0.15, -0.1) is 0 Å². The van der Waals surface area contributed by atoms with Crippen LogP contribution in [0.15, 0.2) is 0 Å². The van der Waals surface area contributed by atoms with E-state index in [1.807, 2.05) is 0 Å². The third-order valence-corrected chi connectivity index (χ3v) is 4.71. The number of hydrogen-bond acceptors (Lipinski definition) is 2. The van der Waals surface area contributed by atoms with Gasteiger partial charge in [0.25, 0.3) is 0 Å². The quantitative estimate of drug-likeness (QED) is 0.333. The molecule has 0 radical (unpaired) electrons. The molecule has 0 rings (SSSR count). The molecule has 0 amide bonds. The second-order valence-corrected chi connectivity index (χ2v) is 7.32. The molecular formula is C15H29F3O3S. The highest BCUT2D eigenvalue weighted by Crippen LogP contribution is 2.30. The first-order valence-corrected chi connectivity index (χ1v) is 9.66. The van der Waals surface area contributed by atoms with E-state index in [1.165, 1.54) is 32.1 Å². The van der Waals surface area contributed by atoms with E-state index >= 15 is 0 Å². The number of alkyl halides is 3. The summed E-state index contributed by atoms with van der Waals surface area (Å²) in [5, 5.41) is -4.70. The molecule has 7 heteroatoms. The van der Waals surface area contributed by atoms with Gasteiger partial charge in [-0.2, -0.15) is 17.2 Å². The molecule has 134 valence electrons. The Bertz CT molecular complexity index is 372. The van der Waals surface area contributed by atoms with Crippen LogP contribution in [0.1, 0.15) is 84.0 Å². The largest absolute Gasteiger partial charge is 0.400 e. The van der Waals surface area contributed by atoms with Gasteiger partial charge in [0.05, 0.1) is 0 Å². The van der Waals surface area contributed by atoms with Gasteiger partial charge in [-0.05, 0) is 6.42 Å². The predicted molar refractivity (Wildman–Crippen MR) is 82.5 cm³/mol. The number of unbranched alkanes of at least 4 members (excludes halogenated alkanes) is 10. The molecule has 0 spiro atoms. The van der Waals surface area contributed by atoms with Crippen LogP contribution in [0.4, 0.5) is 13.2 Å². The normalized spacial score (nSPS) is 14.2. The van der Waals surface area contributed by atoms with Crippen molar-refractivity contribution in [1.82, 2.24) is 0 Å². The van der Waals surface area contributed by atoms with Crippen LogP contribution < -0.4 is 0 Å². The average molecular weight is 346 g/mol. The van der Waals surface area contributed by atoms with Gasteiger partial charge in [0.15, 0.2) is 6.17 Å². The van der Waals surface area contributed by atoms with Crippen molar-refractivity contribution in [3.05, 3.63) is 0 Å². The minimum absolute atomic E-state index is 0.197. The fraction of sp³-hybridized carbons (Fsp3) is 1.00. The van der Waals surface area contributed by atoms with Crippen molar-refractivity contribution in [2.45, 2.75) is 95.4 Å². The topological polar surface area (TPSA) is 54.4 Å². The molecule has 0 aromatic heterocycles. The number of halogens is 3. The van der Waals surface area contributed by atoms with Gasteiger partial charge in [-0.25, -0.2) is 4.39 Å². The summed E-state index contributed by atoms with van der Waals surface area (Å²) < 4.78 is 68.0. The lowest BCUT2D eigenvalue weighted by Crippen LogP contribution is -2.38. The first-order chi connectivity index (χ1) is 10.2. The summed E-state index contributed by atoms with van der Waals surface area (Å²) in [7, 11) is -5.67. The monoisotopic (exact) mass is 346 g/mol. The van der Waals surface area contributed by atoms with Crippen LogP contribution in [0.5, 0.6) is 0 Å². The number of hydrogen-bond donors (Lipinski definition) is 1. The molecule has 0 aromatic carbocycles. The van der Waals surface area contributed by atoms with Gasteiger partial charge in [-0.3, -0.25) is 4.55 Å². The van der Waals surface area contributed by atoms with Crippen molar-refractivity contribution >= 4 is 10.1 Å². The van der Waals surface area contributed by atoms with E-state index in [0.717, 1.165) is 25.7 Å². The van der Waals surface area contributed by atoms with Gasteiger partial charge < -0.3 is 0 Å². The lowest BCUT2D eigenvalue weighted by molar-refractivity contribution is -0.00709. The Balaban J connectivity index is 3.54. The first kappa shape index (κ1) is 21.7. The van der Waals surface area contributed by atoms with Crippen LogP contribution in [-0.4, -0.2) is 24.4 Å². The molecule has 1 N–H and O–H groups in total. The summed E-state index contributed by atoms with van der Waals surface area (Å²) in [5.74, 6) is 0. The SMILES string of the molecule is CCCCCCCCCCCCCC(F)C(F)(F)S(=O)(=O)O. The third kappa shape index (κ3) is 8.98. The average Bonchev–Trinajstić information content (AvgIpc) is 2.43. The molecule has 3 nitrogen and oxygen atoms in total. The minimum atomic E-state index is -5.67. The molecular weight excluding hydrogens is 317 g/mol. The summed E-state index contributed by atoms with van der Waals surface area (Å²) in [6, 6.07) is 0. The van der Waals surface area contributed by atoms with E-state index in [-0.39, 0.29) is 6.42 Å². The summed E-state index contributed by atoms with van der Waals surface area (Å²) in [6.07, 6.45) is 7.71. The van der Waals surface area contributed by atoms with Gasteiger partial charge in [0.1, 0.15) is 0 Å². The molecule has 22 heavy (non-hydrogen) atoms. The lowest BCUT2D eigenvalue weighted by atomic mass is 10.0. The zero-order chi connectivity index (χ0) is 17.1. The molecule has 1 unspecified atom stereocenters. The van der Waals surface area contributed by atoms with E-state index in [1.54, 1.807) is 0 Å². The van der Waals surface area contributed by atoms with Crippen LogP contribution >= 0.6 is 0 Å². The maximum absolute atomic E-state index is 13.2. The van der Waals surface area contributed by atoms with Crippen LogP contribution in [0.2, 0.25) is 0 Å². The molecule has 0 aliphatic heterocycles. The van der Waals surface area contributed by atoms with Crippen LogP contribution in [0.3, 0.4) is 0 Å². The smallest absolute Gasteiger partial charge is 0.281 e. The van der Waals surface area contributed by atoms with Crippen LogP contribution in [-0.2, 0) is 10.1 Å². The fourth-order valence-corrected chi connectivity index (χ4v) is 2.76. The summed E-state index contributed by atoms with van der Waals surface area (Å²) in [5.41, 5.74) is 0. The fourth-order valence-electron chi connectivity index (χ4n) is 2.32. The molecule has 0 aliphatic carbocycles. The van der Waals surface area contributed by atoms with Crippen molar-refractivity contribution in [2.24, 2.45) is 0 Å². The third-order valence-electron chi connectivity index (χ3n) is 3.77. The lowest BCUT2D eigenvalue weighted by Gasteiger charge is -2.17. The number of rotatable bonds is 14. The molecule has 0 aliphatic rings. The Labute approximate surface area is 132 Å². The molecule has 0 heterocycles. The Hall–Kier alpha value is -0.300. The molecule has 0 fully saturated rings. The first-order valence-electron chi connectivity index (χ1n) is 8.22. The van der Waals surface area contributed by atoms with E-state index in [2.05, 4.69) is 6.92 Å². The Kier molecular flexibility index (Phi) is 11.1. The molecule has 1 atom stereocenters. The maximum atomic E-state index is 13.2. The second-order valence-electron chi connectivity index (χ2n) is 5.83. The zero-order valence-corrected chi connectivity index (χ0v) is 14.2. The molecule has 0 aromatic rings. The van der Waals surface area contributed by atoms with Crippen LogP contribution in [0.25, 0.3) is 0 Å². The van der Waals surface area contributed by atoms with Gasteiger partial charge in [0.2, 0.25) is 0 Å². The van der Waals surface area contributed by atoms with Gasteiger partial charge in [0, 0.05) is 0 Å². The molecule has 0 saturated carbocycles. The Morgan fingerprint density at radius 1 is 0.864 bits per heavy atom. The summed E-state index contributed by atoms with van der Waals surface area (Å²) in [6.45, 7) is 2.17. The highest BCUT2D eigenvalue weighted by Gasteiger charge is 2.52. The summed E-state index contributed by atoms with van der Waals surface area (Å²) in [4.78, 5) is 0. The summed E-state index contributed by atoms with van der Waals surface area (Å²) >= 11 is 0. The molecule has 0 bridgehead atoms. The van der Waals surface area contributed by atoms with E-state index in [0.29, 0.717) is 6.42 Å². The Morgan fingerprint density at radius 3 is 1.59 bits per heavy atom. The predicted octanol–water partition coefficient (Wildman–Crippen LogP) is 5.51. The van der Waals surface area contributed by atoms with Crippen molar-refractivity contribution in [2.75, 3.05) is 0 Å². The zero-order valence-electron chi connectivity index (χ0n) is 13.4. The standard InChI is InChI=1S/C15H29F3O3S/c1-2-3-4-5-6-7-8-9-10-11-12-13-14(16)15(17,18)22(19,20)21/h14H,2-13H2,1H3,(H,19,20,21). The highest BCUT2D eigenvalue weighted by molar-refractivity contribution is 7.86. The van der Waals surface area contributed by atoms with Crippen molar-refractivity contribution < 1.29 is 26.1 Å².